The maximum Gasteiger partial charge on any atom is 0.344 e. The number of esters is 1. The summed E-state index contributed by atoms with van der Waals surface area (Å²) in [6.07, 6.45) is 7.63. The summed E-state index contributed by atoms with van der Waals surface area (Å²) in [4.78, 5) is 11.7. The van der Waals surface area contributed by atoms with Gasteiger partial charge in [-0.1, -0.05) is 44.2 Å². The lowest BCUT2D eigenvalue weighted by molar-refractivity contribution is -0.0354. The van der Waals surface area contributed by atoms with Crippen molar-refractivity contribution in [2.45, 2.75) is 38.5 Å². The van der Waals surface area contributed by atoms with Crippen LogP contribution in [0.3, 0.4) is 0 Å². The number of rotatable bonds is 6. The highest BCUT2D eigenvalue weighted by atomic mass is 16.7. The molecule has 110 valence electrons. The Kier molecular flexibility index (Phi) is 5.87. The molecule has 1 aliphatic rings. The van der Waals surface area contributed by atoms with E-state index in [0.717, 1.165) is 12.3 Å². The Morgan fingerprint density at radius 1 is 1.20 bits per heavy atom. The second-order valence-corrected chi connectivity index (χ2v) is 5.27. The van der Waals surface area contributed by atoms with Crippen LogP contribution in [0.15, 0.2) is 24.3 Å². The molecule has 0 radical (unpaired) electrons. The van der Waals surface area contributed by atoms with Gasteiger partial charge in [-0.15, -0.1) is 0 Å². The third-order valence-corrected chi connectivity index (χ3v) is 3.79. The molecule has 0 atom stereocenters. The molecule has 1 N–H and O–H groups in total. The van der Waals surface area contributed by atoms with E-state index in [-0.39, 0.29) is 18.1 Å². The number of para-hydroxylation sites is 1. The number of phenols is 1. The number of phenolic OH excluding ortho intramolecular Hbond substituents is 1. The second kappa shape index (κ2) is 7.90. The summed E-state index contributed by atoms with van der Waals surface area (Å²) in [5, 5.41) is 9.51. The van der Waals surface area contributed by atoms with Crippen LogP contribution < -0.4 is 0 Å². The van der Waals surface area contributed by atoms with Crippen LogP contribution in [-0.2, 0) is 9.47 Å². The summed E-state index contributed by atoms with van der Waals surface area (Å²) in [5.74, 6) is 0.137. The van der Waals surface area contributed by atoms with Gasteiger partial charge in [-0.2, -0.15) is 0 Å². The van der Waals surface area contributed by atoms with Crippen LogP contribution >= 0.6 is 0 Å². The third kappa shape index (κ3) is 4.53. The molecule has 1 saturated carbocycles. The van der Waals surface area contributed by atoms with Crippen LogP contribution in [0.1, 0.15) is 48.9 Å². The predicted octanol–water partition coefficient (Wildman–Crippen LogP) is 3.49. The number of benzene rings is 1. The van der Waals surface area contributed by atoms with E-state index in [1.807, 2.05) is 0 Å². The van der Waals surface area contributed by atoms with E-state index < -0.39 is 5.97 Å². The van der Waals surface area contributed by atoms with Gasteiger partial charge >= 0.3 is 5.97 Å². The summed E-state index contributed by atoms with van der Waals surface area (Å²) in [5.41, 5.74) is 0.170. The van der Waals surface area contributed by atoms with Crippen molar-refractivity contribution in [2.75, 3.05) is 13.4 Å². The highest BCUT2D eigenvalue weighted by Gasteiger charge is 2.14. The van der Waals surface area contributed by atoms with Crippen LogP contribution in [0, 0.1) is 5.92 Å². The van der Waals surface area contributed by atoms with E-state index >= 15 is 0 Å². The molecule has 0 aliphatic heterocycles. The van der Waals surface area contributed by atoms with E-state index in [4.69, 9.17) is 9.47 Å². The lowest BCUT2D eigenvalue weighted by Gasteiger charge is -2.21. The van der Waals surface area contributed by atoms with Gasteiger partial charge in [0.25, 0.3) is 0 Å². The van der Waals surface area contributed by atoms with E-state index in [1.54, 1.807) is 12.1 Å². The SMILES string of the molecule is O=C(OCOCCC1CCCCC1)c1ccccc1O. The maximum absolute atomic E-state index is 11.7. The van der Waals surface area contributed by atoms with Crippen LogP contribution in [0.5, 0.6) is 5.75 Å². The Hall–Kier alpha value is -1.55. The summed E-state index contributed by atoms with van der Waals surface area (Å²) < 4.78 is 10.3. The smallest absolute Gasteiger partial charge is 0.344 e. The number of hydrogen-bond acceptors (Lipinski definition) is 4. The Bertz CT molecular complexity index is 424. The zero-order valence-corrected chi connectivity index (χ0v) is 11.7. The number of carbonyl (C=O) groups is 1. The van der Waals surface area contributed by atoms with Crippen molar-refractivity contribution in [2.24, 2.45) is 5.92 Å². The molecule has 0 unspecified atom stereocenters. The molecule has 4 heteroatoms. The Balaban J connectivity index is 1.61. The highest BCUT2D eigenvalue weighted by molar-refractivity contribution is 5.92. The minimum Gasteiger partial charge on any atom is -0.507 e. The fourth-order valence-corrected chi connectivity index (χ4v) is 2.60. The van der Waals surface area contributed by atoms with Crippen molar-refractivity contribution in [1.29, 1.82) is 0 Å². The molecule has 2 rings (SSSR count). The zero-order chi connectivity index (χ0) is 14.2. The molecular formula is C16H22O4. The summed E-state index contributed by atoms with van der Waals surface area (Å²) >= 11 is 0. The fraction of sp³-hybridized carbons (Fsp3) is 0.562. The van der Waals surface area contributed by atoms with Gasteiger partial charge in [0.15, 0.2) is 6.79 Å². The number of carbonyl (C=O) groups excluding carboxylic acids is 1. The second-order valence-electron chi connectivity index (χ2n) is 5.27. The molecule has 4 nitrogen and oxygen atoms in total. The van der Waals surface area contributed by atoms with Crippen LogP contribution in [0.2, 0.25) is 0 Å². The molecule has 20 heavy (non-hydrogen) atoms. The van der Waals surface area contributed by atoms with Gasteiger partial charge in [-0.3, -0.25) is 0 Å². The van der Waals surface area contributed by atoms with Crippen molar-refractivity contribution in [3.63, 3.8) is 0 Å². The average molecular weight is 278 g/mol. The van der Waals surface area contributed by atoms with Crippen molar-refractivity contribution in [1.82, 2.24) is 0 Å². The number of aromatic hydroxyl groups is 1. The third-order valence-electron chi connectivity index (χ3n) is 3.79. The average Bonchev–Trinajstić information content (AvgIpc) is 2.48. The molecule has 0 spiro atoms. The molecule has 1 aliphatic carbocycles. The largest absolute Gasteiger partial charge is 0.507 e. The Morgan fingerprint density at radius 3 is 2.70 bits per heavy atom. The van der Waals surface area contributed by atoms with Gasteiger partial charge in [0.05, 0.1) is 6.61 Å². The van der Waals surface area contributed by atoms with Gasteiger partial charge in [-0.25, -0.2) is 4.79 Å². The molecule has 1 fully saturated rings. The first kappa shape index (κ1) is 14.9. The Morgan fingerprint density at radius 2 is 1.95 bits per heavy atom. The van der Waals surface area contributed by atoms with E-state index in [9.17, 15) is 9.90 Å². The van der Waals surface area contributed by atoms with E-state index in [2.05, 4.69) is 0 Å². The molecule has 0 bridgehead atoms. The van der Waals surface area contributed by atoms with Crippen LogP contribution in [-0.4, -0.2) is 24.5 Å². The first-order valence-corrected chi connectivity index (χ1v) is 7.30. The quantitative estimate of drug-likeness (QED) is 0.491. The normalized spacial score (nSPS) is 16.0. The summed E-state index contributed by atoms with van der Waals surface area (Å²) in [6, 6.07) is 6.33. The summed E-state index contributed by atoms with van der Waals surface area (Å²) in [7, 11) is 0. The lowest BCUT2D eigenvalue weighted by atomic mass is 9.87. The van der Waals surface area contributed by atoms with Crippen molar-refractivity contribution in [3.05, 3.63) is 29.8 Å². The van der Waals surface area contributed by atoms with Gasteiger partial charge < -0.3 is 14.6 Å². The molecule has 1 aromatic rings. The zero-order valence-electron chi connectivity index (χ0n) is 11.7. The van der Waals surface area contributed by atoms with Crippen LogP contribution in [0.25, 0.3) is 0 Å². The molecule has 0 amide bonds. The number of hydrogen-bond donors (Lipinski definition) is 1. The fourth-order valence-electron chi connectivity index (χ4n) is 2.60. The molecule has 1 aromatic carbocycles. The van der Waals surface area contributed by atoms with Gasteiger partial charge in [0.2, 0.25) is 0 Å². The van der Waals surface area contributed by atoms with Crippen molar-refractivity contribution < 1.29 is 19.4 Å². The van der Waals surface area contributed by atoms with Gasteiger partial charge in [0, 0.05) is 0 Å². The summed E-state index contributed by atoms with van der Waals surface area (Å²) in [6.45, 7) is 0.568. The van der Waals surface area contributed by atoms with Gasteiger partial charge in [-0.05, 0) is 24.5 Å². The van der Waals surface area contributed by atoms with Gasteiger partial charge in [0.1, 0.15) is 11.3 Å². The van der Waals surface area contributed by atoms with E-state index in [0.29, 0.717) is 6.61 Å². The number of ether oxygens (including phenoxy) is 2. The predicted molar refractivity (Wildman–Crippen MR) is 75.5 cm³/mol. The van der Waals surface area contributed by atoms with Crippen molar-refractivity contribution in [3.8, 4) is 5.75 Å². The molecular weight excluding hydrogens is 256 g/mol. The lowest BCUT2D eigenvalue weighted by Crippen LogP contribution is -2.13. The first-order chi connectivity index (χ1) is 9.77. The van der Waals surface area contributed by atoms with Crippen LogP contribution in [0.4, 0.5) is 0 Å². The van der Waals surface area contributed by atoms with Crippen molar-refractivity contribution >= 4 is 5.97 Å². The molecule has 0 heterocycles. The molecule has 0 aromatic heterocycles. The first-order valence-electron chi connectivity index (χ1n) is 7.30. The minimum absolute atomic E-state index is 0.0557. The highest BCUT2D eigenvalue weighted by Crippen LogP contribution is 2.26. The Labute approximate surface area is 119 Å². The minimum atomic E-state index is -0.555. The van der Waals surface area contributed by atoms with E-state index in [1.165, 1.54) is 44.2 Å². The molecule has 0 saturated heterocycles. The topological polar surface area (TPSA) is 55.8 Å². The standard InChI is InChI=1S/C16H22O4/c17-15-9-5-4-8-14(15)16(18)20-12-19-11-10-13-6-2-1-3-7-13/h4-5,8-9,13,17H,1-3,6-7,10-12H2. The monoisotopic (exact) mass is 278 g/mol. The maximum atomic E-state index is 11.7.